The smallest absolute Gasteiger partial charge is 0.299 e. The van der Waals surface area contributed by atoms with Crippen LogP contribution in [0.15, 0.2) is 72.8 Å². The molecule has 1 fully saturated rings. The molecule has 0 saturated carbocycles. The Morgan fingerprint density at radius 3 is 1.95 bits per heavy atom. The molecule has 0 radical (unpaired) electrons. The number of halogens is 3. The summed E-state index contributed by atoms with van der Waals surface area (Å²) in [5.74, 6) is -0.893. The van der Waals surface area contributed by atoms with Gasteiger partial charge < -0.3 is 9.80 Å². The van der Waals surface area contributed by atoms with Crippen molar-refractivity contribution in [1.29, 1.82) is 0 Å². The third kappa shape index (κ3) is 6.19. The monoisotopic (exact) mass is 559 g/mol. The number of aryl methyl sites for hydroxylation is 1. The van der Waals surface area contributed by atoms with Gasteiger partial charge in [-0.2, -0.15) is 0 Å². The number of nitrogens with zero attached hydrogens (tertiary/aromatic N) is 3. The molecule has 0 aliphatic carbocycles. The standard InChI is InChI=1S/C29H30ClN3O2.2ClH/c1-21-19-24(30)20-25-26(21)33(29(35)28(25)34)14-8-13-31-15-17-32(18-16-31)27(22-9-4-2-5-10-22)23-11-6-3-7-12-23;;/h2-7,9-12,19-20,27H,8,13-18H2,1H3;2*1H. The number of carbonyl (C=O) groups excluding carboxylic acids is 2. The van der Waals surface area contributed by atoms with Crippen LogP contribution in [-0.2, 0) is 4.79 Å². The normalized spacial score (nSPS) is 15.9. The van der Waals surface area contributed by atoms with Gasteiger partial charge in [0.2, 0.25) is 0 Å². The number of amides is 1. The average Bonchev–Trinajstić information content (AvgIpc) is 3.11. The van der Waals surface area contributed by atoms with E-state index in [2.05, 4.69) is 70.5 Å². The summed E-state index contributed by atoms with van der Waals surface area (Å²) in [5, 5.41) is 0.492. The van der Waals surface area contributed by atoms with E-state index in [0.29, 0.717) is 17.1 Å². The van der Waals surface area contributed by atoms with Crippen molar-refractivity contribution in [1.82, 2.24) is 9.80 Å². The maximum absolute atomic E-state index is 12.6. The van der Waals surface area contributed by atoms with Gasteiger partial charge in [-0.05, 0) is 48.7 Å². The van der Waals surface area contributed by atoms with Crippen LogP contribution in [0.1, 0.15) is 39.5 Å². The number of carbonyl (C=O) groups is 2. The van der Waals surface area contributed by atoms with Crippen LogP contribution < -0.4 is 4.90 Å². The molecule has 0 aromatic heterocycles. The van der Waals surface area contributed by atoms with Crippen LogP contribution in [0.2, 0.25) is 5.02 Å². The summed E-state index contributed by atoms with van der Waals surface area (Å²) in [6.07, 6.45) is 0.821. The number of piperazine rings is 1. The maximum Gasteiger partial charge on any atom is 0.299 e. The van der Waals surface area contributed by atoms with Gasteiger partial charge in [0.1, 0.15) is 0 Å². The van der Waals surface area contributed by atoms with Crippen LogP contribution in [0.25, 0.3) is 0 Å². The highest BCUT2D eigenvalue weighted by Gasteiger charge is 2.37. The fourth-order valence-corrected chi connectivity index (χ4v) is 5.67. The highest BCUT2D eigenvalue weighted by molar-refractivity contribution is 6.52. The molecule has 196 valence electrons. The molecule has 0 N–H and O–H groups in total. The summed E-state index contributed by atoms with van der Waals surface area (Å²) < 4.78 is 0. The molecule has 2 aliphatic heterocycles. The lowest BCUT2D eigenvalue weighted by Crippen LogP contribution is -2.48. The number of benzene rings is 3. The summed E-state index contributed by atoms with van der Waals surface area (Å²) in [6.45, 7) is 7.26. The first-order valence-corrected chi connectivity index (χ1v) is 12.6. The minimum atomic E-state index is -0.452. The molecule has 5 nitrogen and oxygen atoms in total. The average molecular weight is 561 g/mol. The Balaban J connectivity index is 0.00000190. The van der Waals surface area contributed by atoms with E-state index in [1.807, 2.05) is 13.0 Å². The van der Waals surface area contributed by atoms with E-state index < -0.39 is 11.7 Å². The number of fused-ring (bicyclic) bond motifs is 1. The number of hydrogen-bond donors (Lipinski definition) is 0. The van der Waals surface area contributed by atoms with Crippen LogP contribution >= 0.6 is 36.4 Å². The first kappa shape index (κ1) is 29.2. The lowest BCUT2D eigenvalue weighted by molar-refractivity contribution is -0.114. The zero-order chi connectivity index (χ0) is 24.4. The van der Waals surface area contributed by atoms with Gasteiger partial charge in [0, 0.05) is 37.7 Å². The van der Waals surface area contributed by atoms with Crippen LogP contribution in [0.3, 0.4) is 0 Å². The number of anilines is 1. The SMILES string of the molecule is Cc1cc(Cl)cc2c1N(CCCN1CCN(C(c3ccccc3)c3ccccc3)CC1)C(=O)C2=O.Cl.Cl. The Kier molecular flexibility index (Phi) is 10.2. The van der Waals surface area contributed by atoms with Crippen LogP contribution in [0.4, 0.5) is 5.69 Å². The Hall–Kier alpha value is -2.41. The minimum absolute atomic E-state index is 0. The third-order valence-corrected chi connectivity index (χ3v) is 7.30. The van der Waals surface area contributed by atoms with Gasteiger partial charge in [-0.1, -0.05) is 72.3 Å². The van der Waals surface area contributed by atoms with Crippen molar-refractivity contribution in [3.8, 4) is 0 Å². The summed E-state index contributed by atoms with van der Waals surface area (Å²) in [5.41, 5.74) is 4.66. The number of Topliss-reactive ketones (excluding diaryl/α,β-unsaturated/α-hetero) is 1. The maximum atomic E-state index is 12.6. The number of ketones is 1. The Morgan fingerprint density at radius 2 is 1.38 bits per heavy atom. The van der Waals surface area contributed by atoms with E-state index in [1.165, 1.54) is 11.1 Å². The molecule has 5 rings (SSSR count). The van der Waals surface area contributed by atoms with E-state index in [9.17, 15) is 9.59 Å². The van der Waals surface area contributed by atoms with Gasteiger partial charge in [-0.3, -0.25) is 14.5 Å². The molecule has 1 saturated heterocycles. The Bertz CT molecular complexity index is 1180. The van der Waals surface area contributed by atoms with Gasteiger partial charge in [0.05, 0.1) is 17.3 Å². The quantitative estimate of drug-likeness (QED) is 0.342. The van der Waals surface area contributed by atoms with E-state index in [0.717, 1.165) is 50.4 Å². The predicted octanol–water partition coefficient (Wildman–Crippen LogP) is 5.82. The predicted molar refractivity (Wildman–Crippen MR) is 155 cm³/mol. The second-order valence-electron chi connectivity index (χ2n) is 9.36. The Labute approximate surface area is 236 Å². The Morgan fingerprint density at radius 1 is 0.811 bits per heavy atom. The molecular weight excluding hydrogens is 529 g/mol. The molecule has 1 amide bonds. The molecule has 37 heavy (non-hydrogen) atoms. The van der Waals surface area contributed by atoms with Gasteiger partial charge in [0.25, 0.3) is 11.7 Å². The first-order valence-electron chi connectivity index (χ1n) is 12.3. The zero-order valence-corrected chi connectivity index (χ0v) is 23.2. The minimum Gasteiger partial charge on any atom is -0.304 e. The van der Waals surface area contributed by atoms with Gasteiger partial charge in [0.15, 0.2) is 0 Å². The largest absolute Gasteiger partial charge is 0.304 e. The lowest BCUT2D eigenvalue weighted by Gasteiger charge is -2.40. The molecule has 0 spiro atoms. The molecule has 0 unspecified atom stereocenters. The van der Waals surface area contributed by atoms with E-state index in [4.69, 9.17) is 11.6 Å². The number of hydrogen-bond acceptors (Lipinski definition) is 4. The molecule has 0 atom stereocenters. The molecule has 3 aromatic rings. The van der Waals surface area contributed by atoms with Crippen molar-refractivity contribution >= 4 is 53.8 Å². The van der Waals surface area contributed by atoms with Gasteiger partial charge in [-0.25, -0.2) is 0 Å². The topological polar surface area (TPSA) is 43.9 Å². The highest BCUT2D eigenvalue weighted by atomic mass is 35.5. The van der Waals surface area contributed by atoms with Crippen molar-refractivity contribution in [2.45, 2.75) is 19.4 Å². The van der Waals surface area contributed by atoms with Crippen LogP contribution in [-0.4, -0.2) is 60.8 Å². The van der Waals surface area contributed by atoms with Crippen molar-refractivity contribution in [2.75, 3.05) is 44.2 Å². The molecule has 0 bridgehead atoms. The number of rotatable bonds is 7. The van der Waals surface area contributed by atoms with Gasteiger partial charge in [-0.15, -0.1) is 24.8 Å². The fraction of sp³-hybridized carbons (Fsp3) is 0.310. The molecule has 3 aromatic carbocycles. The second-order valence-corrected chi connectivity index (χ2v) is 9.80. The summed E-state index contributed by atoms with van der Waals surface area (Å²) in [6, 6.07) is 25.1. The van der Waals surface area contributed by atoms with Crippen molar-refractivity contribution < 1.29 is 9.59 Å². The van der Waals surface area contributed by atoms with Crippen LogP contribution in [0.5, 0.6) is 0 Å². The highest BCUT2D eigenvalue weighted by Crippen LogP contribution is 2.35. The molecule has 2 heterocycles. The van der Waals surface area contributed by atoms with E-state index >= 15 is 0 Å². The summed E-state index contributed by atoms with van der Waals surface area (Å²) >= 11 is 6.11. The van der Waals surface area contributed by atoms with E-state index in [1.54, 1.807) is 11.0 Å². The lowest BCUT2D eigenvalue weighted by atomic mass is 9.96. The summed E-state index contributed by atoms with van der Waals surface area (Å²) in [7, 11) is 0. The molecule has 8 heteroatoms. The third-order valence-electron chi connectivity index (χ3n) is 7.08. The van der Waals surface area contributed by atoms with Crippen LogP contribution in [0, 0.1) is 6.92 Å². The van der Waals surface area contributed by atoms with Crippen molar-refractivity contribution in [2.24, 2.45) is 0 Å². The summed E-state index contributed by atoms with van der Waals surface area (Å²) in [4.78, 5) is 31.7. The van der Waals surface area contributed by atoms with Crippen molar-refractivity contribution in [3.05, 3.63) is 100 Å². The molecule has 2 aliphatic rings. The molecular formula is C29H32Cl3N3O2. The fourth-order valence-electron chi connectivity index (χ4n) is 5.40. The van der Waals surface area contributed by atoms with E-state index in [-0.39, 0.29) is 30.9 Å². The second kappa shape index (κ2) is 12.9. The first-order chi connectivity index (χ1) is 17.0. The zero-order valence-electron chi connectivity index (χ0n) is 20.8. The van der Waals surface area contributed by atoms with Gasteiger partial charge >= 0.3 is 0 Å². The van der Waals surface area contributed by atoms with Crippen molar-refractivity contribution in [3.63, 3.8) is 0 Å².